The minimum absolute atomic E-state index is 0.336. The minimum atomic E-state index is -0.807. The van der Waals surface area contributed by atoms with Crippen molar-refractivity contribution in [1.82, 2.24) is 29.1 Å². The summed E-state index contributed by atoms with van der Waals surface area (Å²) in [6, 6.07) is 4.86. The number of aromatic amines is 1. The topological polar surface area (TPSA) is 107 Å². The van der Waals surface area contributed by atoms with Crippen LogP contribution in [0.4, 0.5) is 0 Å². The molecule has 0 spiro atoms. The van der Waals surface area contributed by atoms with Crippen molar-refractivity contribution in [3.8, 4) is 11.4 Å². The van der Waals surface area contributed by atoms with Gasteiger partial charge in [0.1, 0.15) is 11.6 Å². The maximum absolute atomic E-state index is 12.2. The molecule has 9 nitrogen and oxygen atoms in total. The van der Waals surface area contributed by atoms with Crippen LogP contribution in [0.3, 0.4) is 0 Å². The molecule has 126 valence electrons. The van der Waals surface area contributed by atoms with Gasteiger partial charge < -0.3 is 9.72 Å². The second-order valence-electron chi connectivity index (χ2n) is 5.52. The molecule has 1 N–H and O–H groups in total. The highest BCUT2D eigenvalue weighted by atomic mass is 16.5. The van der Waals surface area contributed by atoms with Crippen LogP contribution in [-0.2, 0) is 9.53 Å². The third-order valence-electron chi connectivity index (χ3n) is 4.05. The maximum atomic E-state index is 12.2. The summed E-state index contributed by atoms with van der Waals surface area (Å²) in [5.74, 6) is -0.113. The average Bonchev–Trinajstić information content (AvgIpc) is 3.20. The standard InChI is InChI=1S/C16H14N6O3/c1-9(15(23)25-2)22-14-11(19-16(22)24)8-17-13(20-14)10-7-18-21-6-4-3-5-12(10)21/h3-9H,1-2H3,(H,19,24). The van der Waals surface area contributed by atoms with Crippen LogP contribution < -0.4 is 5.69 Å². The van der Waals surface area contributed by atoms with E-state index in [1.807, 2.05) is 24.4 Å². The number of ether oxygens (including phenoxy) is 1. The highest BCUT2D eigenvalue weighted by Crippen LogP contribution is 2.23. The number of hydrogen-bond acceptors (Lipinski definition) is 6. The largest absolute Gasteiger partial charge is 0.467 e. The van der Waals surface area contributed by atoms with E-state index < -0.39 is 17.7 Å². The van der Waals surface area contributed by atoms with Gasteiger partial charge in [-0.05, 0) is 19.1 Å². The van der Waals surface area contributed by atoms with Crippen LogP contribution in [0.1, 0.15) is 13.0 Å². The Morgan fingerprint density at radius 3 is 2.96 bits per heavy atom. The van der Waals surface area contributed by atoms with E-state index in [4.69, 9.17) is 4.74 Å². The molecule has 1 atom stereocenters. The molecule has 4 aromatic heterocycles. The highest BCUT2D eigenvalue weighted by molar-refractivity contribution is 5.81. The fraction of sp³-hybridized carbons (Fsp3) is 0.188. The van der Waals surface area contributed by atoms with Crippen molar-refractivity contribution in [2.75, 3.05) is 7.11 Å². The van der Waals surface area contributed by atoms with E-state index in [1.165, 1.54) is 17.9 Å². The molecule has 0 aliphatic rings. The number of carbonyl (C=O) groups excluding carboxylic acids is 1. The number of H-pyrrole nitrogens is 1. The number of rotatable bonds is 3. The van der Waals surface area contributed by atoms with Gasteiger partial charge in [-0.3, -0.25) is 4.57 Å². The number of aromatic nitrogens is 6. The van der Waals surface area contributed by atoms with Crippen molar-refractivity contribution in [2.45, 2.75) is 13.0 Å². The van der Waals surface area contributed by atoms with Gasteiger partial charge >= 0.3 is 11.7 Å². The Morgan fingerprint density at radius 1 is 1.32 bits per heavy atom. The van der Waals surface area contributed by atoms with Gasteiger partial charge in [-0.1, -0.05) is 6.07 Å². The molecule has 1 unspecified atom stereocenters. The number of imidazole rings is 1. The van der Waals surface area contributed by atoms with Crippen LogP contribution in [0.2, 0.25) is 0 Å². The Hall–Kier alpha value is -3.49. The van der Waals surface area contributed by atoms with Crippen molar-refractivity contribution in [3.63, 3.8) is 0 Å². The monoisotopic (exact) mass is 338 g/mol. The zero-order valence-corrected chi connectivity index (χ0v) is 13.5. The Bertz CT molecular complexity index is 1160. The zero-order chi connectivity index (χ0) is 17.6. The van der Waals surface area contributed by atoms with Crippen LogP contribution >= 0.6 is 0 Å². The van der Waals surface area contributed by atoms with Crippen LogP contribution in [-0.4, -0.2) is 42.2 Å². The molecule has 9 heteroatoms. The summed E-state index contributed by atoms with van der Waals surface area (Å²) in [7, 11) is 1.28. The minimum Gasteiger partial charge on any atom is -0.467 e. The van der Waals surface area contributed by atoms with Crippen molar-refractivity contribution in [2.24, 2.45) is 0 Å². The fourth-order valence-corrected chi connectivity index (χ4v) is 2.79. The Morgan fingerprint density at radius 2 is 2.16 bits per heavy atom. The first-order chi connectivity index (χ1) is 12.1. The van der Waals surface area contributed by atoms with E-state index >= 15 is 0 Å². The quantitative estimate of drug-likeness (QED) is 0.562. The molecule has 0 saturated carbocycles. The van der Waals surface area contributed by atoms with E-state index in [1.54, 1.807) is 17.6 Å². The molecule has 4 heterocycles. The number of hydrogen-bond donors (Lipinski definition) is 1. The van der Waals surface area contributed by atoms with E-state index in [2.05, 4.69) is 20.1 Å². The summed E-state index contributed by atoms with van der Waals surface area (Å²) in [4.78, 5) is 35.5. The molecule has 4 rings (SSSR count). The molecular formula is C16H14N6O3. The summed E-state index contributed by atoms with van der Waals surface area (Å²) in [5, 5.41) is 4.27. The van der Waals surface area contributed by atoms with Crippen molar-refractivity contribution < 1.29 is 9.53 Å². The fourth-order valence-electron chi connectivity index (χ4n) is 2.79. The first kappa shape index (κ1) is 15.1. The number of carbonyl (C=O) groups is 1. The van der Waals surface area contributed by atoms with Gasteiger partial charge in [-0.15, -0.1) is 0 Å². The molecule has 25 heavy (non-hydrogen) atoms. The lowest BCUT2D eigenvalue weighted by molar-refractivity contribution is -0.144. The molecule has 0 aliphatic heterocycles. The van der Waals surface area contributed by atoms with Gasteiger partial charge in [0.25, 0.3) is 0 Å². The smallest absolute Gasteiger partial charge is 0.328 e. The van der Waals surface area contributed by atoms with Gasteiger partial charge in [0.2, 0.25) is 0 Å². The van der Waals surface area contributed by atoms with Crippen LogP contribution in [0, 0.1) is 0 Å². The molecule has 0 radical (unpaired) electrons. The van der Waals surface area contributed by atoms with Crippen LogP contribution in [0.5, 0.6) is 0 Å². The predicted molar refractivity (Wildman–Crippen MR) is 89.1 cm³/mol. The van der Waals surface area contributed by atoms with Gasteiger partial charge in [0, 0.05) is 6.20 Å². The Kier molecular flexibility index (Phi) is 3.34. The van der Waals surface area contributed by atoms with Crippen LogP contribution in [0.15, 0.2) is 41.6 Å². The molecule has 0 aromatic carbocycles. The van der Waals surface area contributed by atoms with Crippen LogP contribution in [0.25, 0.3) is 28.1 Å². The lowest BCUT2D eigenvalue weighted by Gasteiger charge is -2.10. The second-order valence-corrected chi connectivity index (χ2v) is 5.52. The van der Waals surface area contributed by atoms with Gasteiger partial charge in [0.15, 0.2) is 11.5 Å². The third-order valence-corrected chi connectivity index (χ3v) is 4.05. The zero-order valence-electron chi connectivity index (χ0n) is 13.5. The summed E-state index contributed by atoms with van der Waals surface area (Å²) in [6.07, 6.45) is 5.00. The van der Waals surface area contributed by atoms with Crippen molar-refractivity contribution >= 4 is 22.6 Å². The summed E-state index contributed by atoms with van der Waals surface area (Å²) >= 11 is 0. The molecule has 0 amide bonds. The number of methoxy groups -OCH3 is 1. The Labute approximate surface area is 140 Å². The number of fused-ring (bicyclic) bond motifs is 2. The summed E-state index contributed by atoms with van der Waals surface area (Å²) in [5.41, 5.74) is 1.91. The summed E-state index contributed by atoms with van der Waals surface area (Å²) in [6.45, 7) is 1.58. The molecule has 4 aromatic rings. The van der Waals surface area contributed by atoms with E-state index in [9.17, 15) is 9.59 Å². The van der Waals surface area contributed by atoms with E-state index in [-0.39, 0.29) is 0 Å². The molecule has 0 bridgehead atoms. The lowest BCUT2D eigenvalue weighted by Crippen LogP contribution is -2.27. The maximum Gasteiger partial charge on any atom is 0.328 e. The first-order valence-electron chi connectivity index (χ1n) is 7.58. The normalized spacial score (nSPS) is 12.6. The number of esters is 1. The number of nitrogens with zero attached hydrogens (tertiary/aromatic N) is 5. The number of nitrogens with one attached hydrogen (secondary N) is 1. The molecule has 0 fully saturated rings. The average molecular weight is 338 g/mol. The van der Waals surface area contributed by atoms with Crippen molar-refractivity contribution in [3.05, 3.63) is 47.3 Å². The SMILES string of the molecule is COC(=O)C(C)n1c(=O)[nH]c2cnc(-c3cnn4ccccc34)nc21. The Balaban J connectivity index is 1.93. The van der Waals surface area contributed by atoms with Gasteiger partial charge in [-0.2, -0.15) is 5.10 Å². The number of pyridine rings is 1. The summed E-state index contributed by atoms with van der Waals surface area (Å²) < 4.78 is 7.70. The predicted octanol–water partition coefficient (Wildman–Crippen LogP) is 1.17. The third kappa shape index (κ3) is 2.28. The lowest BCUT2D eigenvalue weighted by atomic mass is 10.2. The highest BCUT2D eigenvalue weighted by Gasteiger charge is 2.22. The molecule has 0 aliphatic carbocycles. The molecular weight excluding hydrogens is 324 g/mol. The first-order valence-corrected chi connectivity index (χ1v) is 7.58. The van der Waals surface area contributed by atoms with Crippen molar-refractivity contribution in [1.29, 1.82) is 0 Å². The van der Waals surface area contributed by atoms with E-state index in [0.29, 0.717) is 17.0 Å². The van der Waals surface area contributed by atoms with E-state index in [0.717, 1.165) is 11.1 Å². The second kappa shape index (κ2) is 5.55. The van der Waals surface area contributed by atoms with Gasteiger partial charge in [-0.25, -0.2) is 24.1 Å². The molecule has 0 saturated heterocycles. The van der Waals surface area contributed by atoms with Gasteiger partial charge in [0.05, 0.1) is 30.6 Å².